The van der Waals surface area contributed by atoms with Gasteiger partial charge in [-0.15, -0.1) is 0 Å². The molecule has 21 heavy (non-hydrogen) atoms. The van der Waals surface area contributed by atoms with Crippen molar-refractivity contribution in [2.45, 2.75) is 45.1 Å². The molecular weight excluding hydrogens is 272 g/mol. The number of hydrogen-bond donors (Lipinski definition) is 1. The van der Waals surface area contributed by atoms with Gasteiger partial charge in [-0.05, 0) is 19.3 Å². The van der Waals surface area contributed by atoms with Crippen LogP contribution in [0.25, 0.3) is 0 Å². The molecule has 1 aliphatic rings. The molecule has 0 aromatic carbocycles. The van der Waals surface area contributed by atoms with Crippen LogP contribution in [-0.4, -0.2) is 47.8 Å². The van der Waals surface area contributed by atoms with Gasteiger partial charge in [-0.3, -0.25) is 0 Å². The van der Waals surface area contributed by atoms with Gasteiger partial charge >= 0.3 is 6.03 Å². The Hall–Kier alpha value is -1.63. The van der Waals surface area contributed by atoms with E-state index in [1.54, 1.807) is 7.11 Å². The van der Waals surface area contributed by atoms with Crippen LogP contribution in [0.3, 0.4) is 0 Å². The molecule has 1 atom stereocenters. The predicted octanol–water partition coefficient (Wildman–Crippen LogP) is 1.69. The fourth-order valence-electron chi connectivity index (χ4n) is 2.62. The van der Waals surface area contributed by atoms with E-state index in [1.165, 1.54) is 0 Å². The lowest BCUT2D eigenvalue weighted by Crippen LogP contribution is -2.51. The van der Waals surface area contributed by atoms with Crippen LogP contribution in [0.1, 0.15) is 44.8 Å². The van der Waals surface area contributed by atoms with E-state index < -0.39 is 0 Å². The summed E-state index contributed by atoms with van der Waals surface area (Å²) in [5.74, 6) is 1.13. The number of urea groups is 1. The summed E-state index contributed by atoms with van der Waals surface area (Å²) in [6.07, 6.45) is 2.81. The Morgan fingerprint density at radius 1 is 1.57 bits per heavy atom. The highest BCUT2D eigenvalue weighted by atomic mass is 16.5. The van der Waals surface area contributed by atoms with Gasteiger partial charge in [0, 0.05) is 32.2 Å². The van der Waals surface area contributed by atoms with Crippen molar-refractivity contribution in [3.63, 3.8) is 0 Å². The van der Waals surface area contributed by atoms with E-state index in [0.29, 0.717) is 31.4 Å². The van der Waals surface area contributed by atoms with Crippen molar-refractivity contribution in [3.8, 4) is 0 Å². The maximum Gasteiger partial charge on any atom is 0.317 e. The average molecular weight is 296 g/mol. The molecule has 2 rings (SSSR count). The van der Waals surface area contributed by atoms with E-state index in [2.05, 4.69) is 22.4 Å². The van der Waals surface area contributed by atoms with Crippen LogP contribution < -0.4 is 5.32 Å². The van der Waals surface area contributed by atoms with E-state index in [-0.39, 0.29) is 11.4 Å². The summed E-state index contributed by atoms with van der Waals surface area (Å²) in [5, 5.41) is 6.98. The third kappa shape index (κ3) is 3.72. The number of rotatable bonds is 5. The summed E-state index contributed by atoms with van der Waals surface area (Å²) < 4.78 is 10.2. The summed E-state index contributed by atoms with van der Waals surface area (Å²) in [5.41, 5.74) is -0.267. The van der Waals surface area contributed by atoms with Crippen molar-refractivity contribution >= 4 is 6.03 Å². The Balaban J connectivity index is 2.05. The number of nitrogens with zero attached hydrogens (tertiary/aromatic N) is 3. The molecule has 118 valence electrons. The Labute approximate surface area is 125 Å². The smallest absolute Gasteiger partial charge is 0.317 e. The zero-order chi connectivity index (χ0) is 15.3. The molecule has 0 aliphatic carbocycles. The first-order valence-corrected chi connectivity index (χ1v) is 7.44. The second-order valence-corrected chi connectivity index (χ2v) is 5.76. The number of methoxy groups -OCH3 is 1. The number of ether oxygens (including phenoxy) is 1. The maximum absolute atomic E-state index is 12.1. The highest BCUT2D eigenvalue weighted by Crippen LogP contribution is 2.31. The summed E-state index contributed by atoms with van der Waals surface area (Å²) in [7, 11) is 1.59. The highest BCUT2D eigenvalue weighted by Gasteiger charge is 2.38. The first-order chi connectivity index (χ1) is 10.1. The van der Waals surface area contributed by atoms with Crippen molar-refractivity contribution in [1.29, 1.82) is 0 Å². The largest absolute Gasteiger partial charge is 0.375 e. The molecule has 1 aromatic rings. The molecule has 7 heteroatoms. The molecule has 1 N–H and O–H groups in total. The lowest BCUT2D eigenvalue weighted by Gasteiger charge is -2.38. The second-order valence-electron chi connectivity index (χ2n) is 5.76. The molecule has 0 radical (unpaired) electrons. The minimum atomic E-state index is -0.267. The normalized spacial score (nSPS) is 22.3. The molecule has 1 fully saturated rings. The minimum absolute atomic E-state index is 0.0108. The van der Waals surface area contributed by atoms with Crippen molar-refractivity contribution in [3.05, 3.63) is 11.7 Å². The predicted molar refractivity (Wildman–Crippen MR) is 76.9 cm³/mol. The Kier molecular flexibility index (Phi) is 5.17. The summed E-state index contributed by atoms with van der Waals surface area (Å²) >= 11 is 0. The molecule has 0 spiro atoms. The van der Waals surface area contributed by atoms with Crippen LogP contribution in [0.15, 0.2) is 4.52 Å². The van der Waals surface area contributed by atoms with Gasteiger partial charge in [0.1, 0.15) is 6.61 Å². The molecule has 1 unspecified atom stereocenters. The number of nitrogens with one attached hydrogen (secondary N) is 1. The number of carbonyl (C=O) groups is 1. The number of aromatic nitrogens is 2. The first-order valence-electron chi connectivity index (χ1n) is 7.44. The highest BCUT2D eigenvalue weighted by molar-refractivity contribution is 5.74. The second kappa shape index (κ2) is 6.89. The average Bonchev–Trinajstić information content (AvgIpc) is 2.95. The van der Waals surface area contributed by atoms with Crippen molar-refractivity contribution in [1.82, 2.24) is 20.4 Å². The van der Waals surface area contributed by atoms with Gasteiger partial charge in [-0.2, -0.15) is 4.98 Å². The molecule has 1 saturated heterocycles. The molecule has 7 nitrogen and oxygen atoms in total. The zero-order valence-electron chi connectivity index (χ0n) is 13.0. The van der Waals surface area contributed by atoms with Gasteiger partial charge in [-0.1, -0.05) is 19.0 Å². The Bertz CT molecular complexity index is 477. The summed E-state index contributed by atoms with van der Waals surface area (Å²) in [6.45, 7) is 6.50. The lowest BCUT2D eigenvalue weighted by molar-refractivity contribution is 0.148. The zero-order valence-corrected chi connectivity index (χ0v) is 13.0. The van der Waals surface area contributed by atoms with Crippen LogP contribution in [0.5, 0.6) is 0 Å². The molecule has 1 aromatic heterocycles. The van der Waals surface area contributed by atoms with Crippen LogP contribution in [0.2, 0.25) is 0 Å². The third-order valence-electron chi connectivity index (χ3n) is 3.79. The number of likely N-dealkylation sites (tertiary alicyclic amines) is 1. The lowest BCUT2D eigenvalue weighted by atomic mass is 9.81. The molecular formula is C14H24N4O3. The van der Waals surface area contributed by atoms with E-state index >= 15 is 0 Å². The van der Waals surface area contributed by atoms with E-state index in [9.17, 15) is 4.79 Å². The van der Waals surface area contributed by atoms with Crippen molar-refractivity contribution in [2.24, 2.45) is 0 Å². The van der Waals surface area contributed by atoms with Crippen molar-refractivity contribution in [2.75, 3.05) is 26.7 Å². The van der Waals surface area contributed by atoms with Gasteiger partial charge in [0.15, 0.2) is 5.82 Å². The first kappa shape index (κ1) is 15.8. The molecule has 0 saturated carbocycles. The number of amides is 2. The molecule has 2 amide bonds. The van der Waals surface area contributed by atoms with Gasteiger partial charge in [0.05, 0.1) is 0 Å². The monoisotopic (exact) mass is 296 g/mol. The van der Waals surface area contributed by atoms with Crippen molar-refractivity contribution < 1.29 is 14.1 Å². The van der Waals surface area contributed by atoms with E-state index in [4.69, 9.17) is 9.26 Å². The van der Waals surface area contributed by atoms with Gasteiger partial charge in [0.25, 0.3) is 5.89 Å². The molecule has 0 bridgehead atoms. The van der Waals surface area contributed by atoms with E-state index in [1.807, 2.05) is 11.8 Å². The summed E-state index contributed by atoms with van der Waals surface area (Å²) in [4.78, 5) is 18.3. The third-order valence-corrected chi connectivity index (χ3v) is 3.79. The maximum atomic E-state index is 12.1. The number of hydrogen-bond acceptors (Lipinski definition) is 5. The SMILES string of the molecule is CCCNC(=O)N1CCCC(C)(c2noc(COC)n2)C1. The van der Waals surface area contributed by atoms with Crippen LogP contribution in [0, 0.1) is 0 Å². The van der Waals surface area contributed by atoms with Gasteiger partial charge in [0.2, 0.25) is 0 Å². The Morgan fingerprint density at radius 3 is 3.10 bits per heavy atom. The van der Waals surface area contributed by atoms with E-state index in [0.717, 1.165) is 25.8 Å². The van der Waals surface area contributed by atoms with Crippen LogP contribution >= 0.6 is 0 Å². The fraction of sp³-hybridized carbons (Fsp3) is 0.786. The van der Waals surface area contributed by atoms with Gasteiger partial charge in [-0.25, -0.2) is 4.79 Å². The summed E-state index contributed by atoms with van der Waals surface area (Å²) in [6, 6.07) is -0.0108. The van der Waals surface area contributed by atoms with Gasteiger partial charge < -0.3 is 19.5 Å². The van der Waals surface area contributed by atoms with Crippen LogP contribution in [0.4, 0.5) is 4.79 Å². The number of piperidine rings is 1. The van der Waals surface area contributed by atoms with Crippen LogP contribution in [-0.2, 0) is 16.8 Å². The number of carbonyl (C=O) groups excluding carboxylic acids is 1. The topological polar surface area (TPSA) is 80.5 Å². The quantitative estimate of drug-likeness (QED) is 0.894. The molecule has 2 heterocycles. The Morgan fingerprint density at radius 2 is 2.38 bits per heavy atom. The fourth-order valence-corrected chi connectivity index (χ4v) is 2.62. The standard InChI is InChI=1S/C14H24N4O3/c1-4-7-15-13(19)18-8-5-6-14(2,10-18)12-16-11(9-20-3)21-17-12/h4-10H2,1-3H3,(H,15,19). The minimum Gasteiger partial charge on any atom is -0.375 e. The molecule has 1 aliphatic heterocycles.